The van der Waals surface area contributed by atoms with E-state index in [1.807, 2.05) is 30.3 Å². The highest BCUT2D eigenvalue weighted by Crippen LogP contribution is 2.37. The molecule has 0 atom stereocenters. The van der Waals surface area contributed by atoms with E-state index in [1.165, 1.54) is 5.56 Å². The molecule has 2 aromatic carbocycles. The van der Waals surface area contributed by atoms with E-state index in [2.05, 4.69) is 11.4 Å². The first-order valence-electron chi connectivity index (χ1n) is 7.43. The van der Waals surface area contributed by atoms with Crippen molar-refractivity contribution in [2.45, 2.75) is 31.3 Å². The zero-order chi connectivity index (χ0) is 15.5. The summed E-state index contributed by atoms with van der Waals surface area (Å²) in [6.07, 6.45) is 2.24. The van der Waals surface area contributed by atoms with E-state index in [1.54, 1.807) is 12.1 Å². The fourth-order valence-electron chi connectivity index (χ4n) is 2.84. The standard InChI is InChI=1S/C18H18ClNO2/c19-16-3-1-2-14(8-16)15-9-17(10-15)20-11-12-4-6-13(7-5-12)18(21)22/h1-8,15,17,20H,9-11H2,(H,21,22). The molecule has 2 aromatic rings. The number of carboxylic acids is 1. The number of halogens is 1. The quantitative estimate of drug-likeness (QED) is 0.874. The molecule has 1 saturated carbocycles. The Labute approximate surface area is 134 Å². The average molecular weight is 316 g/mol. The van der Waals surface area contributed by atoms with Crippen molar-refractivity contribution < 1.29 is 9.90 Å². The van der Waals surface area contributed by atoms with E-state index in [0.717, 1.165) is 30.0 Å². The molecule has 4 heteroatoms. The van der Waals surface area contributed by atoms with Crippen molar-refractivity contribution in [2.75, 3.05) is 0 Å². The number of hydrogen-bond donors (Lipinski definition) is 2. The van der Waals surface area contributed by atoms with Gasteiger partial charge in [0.25, 0.3) is 0 Å². The van der Waals surface area contributed by atoms with Gasteiger partial charge in [0.15, 0.2) is 0 Å². The van der Waals surface area contributed by atoms with Crippen LogP contribution >= 0.6 is 11.6 Å². The maximum Gasteiger partial charge on any atom is 0.335 e. The van der Waals surface area contributed by atoms with Crippen LogP contribution in [0.3, 0.4) is 0 Å². The summed E-state index contributed by atoms with van der Waals surface area (Å²) in [5.41, 5.74) is 2.75. The molecule has 0 spiro atoms. The van der Waals surface area contributed by atoms with Gasteiger partial charge in [-0.1, -0.05) is 35.9 Å². The van der Waals surface area contributed by atoms with E-state index in [9.17, 15) is 4.79 Å². The molecule has 0 heterocycles. The molecule has 1 fully saturated rings. The molecule has 1 aliphatic rings. The lowest BCUT2D eigenvalue weighted by molar-refractivity contribution is 0.0697. The van der Waals surface area contributed by atoms with Crippen LogP contribution in [0.2, 0.25) is 5.02 Å². The maximum absolute atomic E-state index is 10.8. The Hall–Kier alpha value is -1.84. The second kappa shape index (κ2) is 6.51. The van der Waals surface area contributed by atoms with Crippen LogP contribution in [0.25, 0.3) is 0 Å². The fraction of sp³-hybridized carbons (Fsp3) is 0.278. The SMILES string of the molecule is O=C(O)c1ccc(CNC2CC(c3cccc(Cl)c3)C2)cc1. The Kier molecular flexibility index (Phi) is 4.46. The molecule has 1 aliphatic carbocycles. The average Bonchev–Trinajstić information content (AvgIpc) is 2.46. The van der Waals surface area contributed by atoms with Crippen molar-refractivity contribution in [3.63, 3.8) is 0 Å². The number of hydrogen-bond acceptors (Lipinski definition) is 2. The molecule has 22 heavy (non-hydrogen) atoms. The number of carbonyl (C=O) groups is 1. The van der Waals surface area contributed by atoms with E-state index < -0.39 is 5.97 Å². The number of benzene rings is 2. The smallest absolute Gasteiger partial charge is 0.335 e. The van der Waals surface area contributed by atoms with Crippen molar-refractivity contribution in [3.05, 3.63) is 70.2 Å². The largest absolute Gasteiger partial charge is 0.478 e. The minimum Gasteiger partial charge on any atom is -0.478 e. The number of aromatic carboxylic acids is 1. The molecule has 0 amide bonds. The Morgan fingerprint density at radius 1 is 1.18 bits per heavy atom. The summed E-state index contributed by atoms with van der Waals surface area (Å²) in [6, 6.07) is 15.6. The number of rotatable bonds is 5. The first-order valence-corrected chi connectivity index (χ1v) is 7.80. The highest BCUT2D eigenvalue weighted by atomic mass is 35.5. The topological polar surface area (TPSA) is 49.3 Å². The Morgan fingerprint density at radius 2 is 1.91 bits per heavy atom. The summed E-state index contributed by atoms with van der Waals surface area (Å²) in [5, 5.41) is 13.2. The minimum absolute atomic E-state index is 0.327. The van der Waals surface area contributed by atoms with E-state index in [0.29, 0.717) is 17.5 Å². The monoisotopic (exact) mass is 315 g/mol. The van der Waals surface area contributed by atoms with Gasteiger partial charge in [-0.25, -0.2) is 4.79 Å². The molecular weight excluding hydrogens is 298 g/mol. The third-order valence-corrected chi connectivity index (χ3v) is 4.49. The molecule has 3 nitrogen and oxygen atoms in total. The van der Waals surface area contributed by atoms with Crippen molar-refractivity contribution >= 4 is 17.6 Å². The summed E-state index contributed by atoms with van der Waals surface area (Å²) in [7, 11) is 0. The summed E-state index contributed by atoms with van der Waals surface area (Å²) in [5.74, 6) is -0.298. The van der Waals surface area contributed by atoms with Gasteiger partial charge in [-0.3, -0.25) is 0 Å². The summed E-state index contributed by atoms with van der Waals surface area (Å²) < 4.78 is 0. The van der Waals surface area contributed by atoms with Gasteiger partial charge in [-0.15, -0.1) is 0 Å². The number of carboxylic acid groups (broad SMARTS) is 1. The van der Waals surface area contributed by atoms with Crippen molar-refractivity contribution in [1.29, 1.82) is 0 Å². The van der Waals surface area contributed by atoms with Crippen LogP contribution < -0.4 is 5.32 Å². The number of nitrogens with one attached hydrogen (secondary N) is 1. The molecule has 0 unspecified atom stereocenters. The van der Waals surface area contributed by atoms with Gasteiger partial charge in [0.2, 0.25) is 0 Å². The third-order valence-electron chi connectivity index (χ3n) is 4.25. The van der Waals surface area contributed by atoms with E-state index >= 15 is 0 Å². The second-order valence-electron chi connectivity index (χ2n) is 5.80. The molecule has 2 N–H and O–H groups in total. The normalized spacial score (nSPS) is 20.4. The lowest BCUT2D eigenvalue weighted by atomic mass is 9.76. The molecule has 3 rings (SSSR count). The van der Waals surface area contributed by atoms with Crippen LogP contribution in [-0.4, -0.2) is 17.1 Å². The first kappa shape index (κ1) is 15.1. The predicted molar refractivity (Wildman–Crippen MR) is 87.5 cm³/mol. The fourth-order valence-corrected chi connectivity index (χ4v) is 3.04. The van der Waals surface area contributed by atoms with Crippen LogP contribution in [0.1, 0.15) is 40.2 Å². The lowest BCUT2D eigenvalue weighted by Crippen LogP contribution is -2.39. The van der Waals surface area contributed by atoms with Gasteiger partial charge < -0.3 is 10.4 Å². The zero-order valence-electron chi connectivity index (χ0n) is 12.1. The Bertz CT molecular complexity index is 663. The molecule has 0 aliphatic heterocycles. The van der Waals surface area contributed by atoms with Gasteiger partial charge in [0.1, 0.15) is 0 Å². The van der Waals surface area contributed by atoms with Crippen molar-refractivity contribution in [1.82, 2.24) is 5.32 Å². The van der Waals surface area contributed by atoms with E-state index in [4.69, 9.17) is 16.7 Å². The van der Waals surface area contributed by atoms with Gasteiger partial charge >= 0.3 is 5.97 Å². The minimum atomic E-state index is -0.886. The van der Waals surface area contributed by atoms with Gasteiger partial charge in [0.05, 0.1) is 5.56 Å². The lowest BCUT2D eigenvalue weighted by Gasteiger charge is -2.36. The highest BCUT2D eigenvalue weighted by Gasteiger charge is 2.29. The summed E-state index contributed by atoms with van der Waals surface area (Å²) in [4.78, 5) is 10.8. The maximum atomic E-state index is 10.8. The van der Waals surface area contributed by atoms with Gasteiger partial charge in [-0.2, -0.15) is 0 Å². The Morgan fingerprint density at radius 3 is 2.55 bits per heavy atom. The third kappa shape index (κ3) is 3.49. The van der Waals surface area contributed by atoms with Crippen LogP contribution in [0.15, 0.2) is 48.5 Å². The van der Waals surface area contributed by atoms with Crippen LogP contribution in [0.5, 0.6) is 0 Å². The molecular formula is C18H18ClNO2. The zero-order valence-corrected chi connectivity index (χ0v) is 12.9. The molecule has 0 radical (unpaired) electrons. The highest BCUT2D eigenvalue weighted by molar-refractivity contribution is 6.30. The van der Waals surface area contributed by atoms with Crippen LogP contribution in [0.4, 0.5) is 0 Å². The van der Waals surface area contributed by atoms with Crippen molar-refractivity contribution in [2.24, 2.45) is 0 Å². The molecule has 0 bridgehead atoms. The molecule has 114 valence electrons. The summed E-state index contributed by atoms with van der Waals surface area (Å²) >= 11 is 6.03. The molecule has 0 saturated heterocycles. The van der Waals surface area contributed by atoms with Gasteiger partial charge in [-0.05, 0) is 54.2 Å². The van der Waals surface area contributed by atoms with Crippen LogP contribution in [-0.2, 0) is 6.54 Å². The summed E-state index contributed by atoms with van der Waals surface area (Å²) in [6.45, 7) is 0.771. The first-order chi connectivity index (χ1) is 10.6. The van der Waals surface area contributed by atoms with E-state index in [-0.39, 0.29) is 0 Å². The van der Waals surface area contributed by atoms with Crippen molar-refractivity contribution in [3.8, 4) is 0 Å². The van der Waals surface area contributed by atoms with Crippen LogP contribution in [0, 0.1) is 0 Å². The van der Waals surface area contributed by atoms with Gasteiger partial charge in [0, 0.05) is 17.6 Å². The predicted octanol–water partition coefficient (Wildman–Crippen LogP) is 4.07. The molecule has 0 aromatic heterocycles. The second-order valence-corrected chi connectivity index (χ2v) is 6.24. The Balaban J connectivity index is 1.47.